The van der Waals surface area contributed by atoms with Gasteiger partial charge in [-0.3, -0.25) is 0 Å². The lowest BCUT2D eigenvalue weighted by atomic mass is 9.96. The Labute approximate surface area is 89.3 Å². The van der Waals surface area contributed by atoms with Gasteiger partial charge in [-0.05, 0) is 11.6 Å². The molecule has 2 aliphatic heterocycles. The molecular formula is C11H7F3O2. The lowest BCUT2D eigenvalue weighted by molar-refractivity contribution is -0.275. The van der Waals surface area contributed by atoms with E-state index in [0.29, 0.717) is 5.56 Å². The van der Waals surface area contributed by atoms with Crippen molar-refractivity contribution in [1.29, 1.82) is 0 Å². The molecule has 1 aromatic carbocycles. The van der Waals surface area contributed by atoms with Crippen molar-refractivity contribution in [3.63, 3.8) is 0 Å². The summed E-state index contributed by atoms with van der Waals surface area (Å²) in [6, 6.07) is 4.61. The number of benzene rings is 1. The van der Waals surface area contributed by atoms with E-state index in [1.807, 2.05) is 6.08 Å². The normalized spacial score (nSPS) is 25.9. The summed E-state index contributed by atoms with van der Waals surface area (Å²) < 4.78 is 45.9. The SMILES string of the molecule is FC(F)(F)Oc1cccc2c1[C@@H]1C=C[C@@H]2O1. The molecule has 0 saturated heterocycles. The molecule has 0 aromatic heterocycles. The zero-order valence-electron chi connectivity index (χ0n) is 7.99. The Morgan fingerprint density at radius 1 is 1.12 bits per heavy atom. The largest absolute Gasteiger partial charge is 0.573 e. The zero-order chi connectivity index (χ0) is 11.3. The van der Waals surface area contributed by atoms with Gasteiger partial charge in [-0.25, -0.2) is 0 Å². The van der Waals surface area contributed by atoms with E-state index in [9.17, 15) is 13.2 Å². The first-order valence-electron chi connectivity index (χ1n) is 4.77. The monoisotopic (exact) mass is 228 g/mol. The Bertz CT molecular complexity index is 465. The van der Waals surface area contributed by atoms with Gasteiger partial charge in [0.25, 0.3) is 0 Å². The number of rotatable bonds is 1. The van der Waals surface area contributed by atoms with Gasteiger partial charge in [0, 0.05) is 5.56 Å². The number of hydrogen-bond donors (Lipinski definition) is 0. The van der Waals surface area contributed by atoms with Crippen LogP contribution in [0.4, 0.5) is 13.2 Å². The molecule has 16 heavy (non-hydrogen) atoms. The Hall–Kier alpha value is -1.49. The average molecular weight is 228 g/mol. The van der Waals surface area contributed by atoms with Gasteiger partial charge < -0.3 is 9.47 Å². The van der Waals surface area contributed by atoms with E-state index in [4.69, 9.17) is 4.74 Å². The fourth-order valence-corrected chi connectivity index (χ4v) is 2.12. The van der Waals surface area contributed by atoms with Crippen molar-refractivity contribution >= 4 is 0 Å². The smallest absolute Gasteiger partial charge is 0.405 e. The number of halogens is 3. The highest BCUT2D eigenvalue weighted by Crippen LogP contribution is 2.50. The third-order valence-electron chi connectivity index (χ3n) is 2.67. The molecule has 2 aliphatic rings. The number of ether oxygens (including phenoxy) is 2. The van der Waals surface area contributed by atoms with Crippen LogP contribution in [0.15, 0.2) is 30.4 Å². The Balaban J connectivity index is 2.04. The molecular weight excluding hydrogens is 221 g/mol. The van der Waals surface area contributed by atoms with Crippen LogP contribution in [0, 0.1) is 0 Å². The van der Waals surface area contributed by atoms with Crippen LogP contribution < -0.4 is 4.74 Å². The molecule has 0 aliphatic carbocycles. The quantitative estimate of drug-likeness (QED) is 0.687. The number of hydrogen-bond acceptors (Lipinski definition) is 2. The van der Waals surface area contributed by atoms with E-state index >= 15 is 0 Å². The highest BCUT2D eigenvalue weighted by molar-refractivity contribution is 5.51. The van der Waals surface area contributed by atoms with Crippen LogP contribution in [0.2, 0.25) is 0 Å². The van der Waals surface area contributed by atoms with E-state index in [2.05, 4.69) is 4.74 Å². The highest BCUT2D eigenvalue weighted by atomic mass is 19.4. The molecule has 3 rings (SSSR count). The zero-order valence-corrected chi connectivity index (χ0v) is 7.99. The van der Waals surface area contributed by atoms with Gasteiger partial charge in [0.1, 0.15) is 18.0 Å². The second-order valence-electron chi connectivity index (χ2n) is 3.67. The van der Waals surface area contributed by atoms with Crippen molar-refractivity contribution in [3.05, 3.63) is 41.5 Å². The summed E-state index contributed by atoms with van der Waals surface area (Å²) in [7, 11) is 0. The summed E-state index contributed by atoms with van der Waals surface area (Å²) in [6.45, 7) is 0. The summed E-state index contributed by atoms with van der Waals surface area (Å²) >= 11 is 0. The fourth-order valence-electron chi connectivity index (χ4n) is 2.12. The first-order valence-corrected chi connectivity index (χ1v) is 4.77. The molecule has 5 heteroatoms. The molecule has 0 radical (unpaired) electrons. The maximum Gasteiger partial charge on any atom is 0.573 e. The van der Waals surface area contributed by atoms with Crippen LogP contribution in [0.1, 0.15) is 23.3 Å². The average Bonchev–Trinajstić information content (AvgIpc) is 2.75. The summed E-state index contributed by atoms with van der Waals surface area (Å²) in [5, 5.41) is 0. The molecule has 1 aromatic rings. The third-order valence-corrected chi connectivity index (χ3v) is 2.67. The van der Waals surface area contributed by atoms with Gasteiger partial charge in [-0.1, -0.05) is 24.3 Å². The first-order chi connectivity index (χ1) is 7.54. The molecule has 84 valence electrons. The maximum absolute atomic E-state index is 12.2. The van der Waals surface area contributed by atoms with Gasteiger partial charge in [-0.15, -0.1) is 13.2 Å². The highest BCUT2D eigenvalue weighted by Gasteiger charge is 2.39. The topological polar surface area (TPSA) is 18.5 Å². The molecule has 2 atom stereocenters. The predicted molar refractivity (Wildman–Crippen MR) is 48.8 cm³/mol. The number of alkyl halides is 3. The molecule has 0 fully saturated rings. The Kier molecular flexibility index (Phi) is 1.83. The van der Waals surface area contributed by atoms with E-state index in [1.54, 1.807) is 12.1 Å². The second-order valence-corrected chi connectivity index (χ2v) is 3.67. The van der Waals surface area contributed by atoms with Gasteiger partial charge in [0.15, 0.2) is 0 Å². The van der Waals surface area contributed by atoms with Crippen LogP contribution in [-0.2, 0) is 4.74 Å². The second kappa shape index (κ2) is 3.01. The fraction of sp³-hybridized carbons (Fsp3) is 0.273. The van der Waals surface area contributed by atoms with Crippen LogP contribution in [-0.4, -0.2) is 6.36 Å². The first kappa shape index (κ1) is 9.72. The molecule has 0 saturated carbocycles. The van der Waals surface area contributed by atoms with Crippen LogP contribution in [0.5, 0.6) is 5.75 Å². The van der Waals surface area contributed by atoms with Crippen molar-refractivity contribution in [2.75, 3.05) is 0 Å². The summed E-state index contributed by atoms with van der Waals surface area (Å²) in [5.74, 6) is -0.165. The van der Waals surface area contributed by atoms with Crippen LogP contribution >= 0.6 is 0 Å². The van der Waals surface area contributed by atoms with Crippen LogP contribution in [0.3, 0.4) is 0 Å². The van der Waals surface area contributed by atoms with E-state index in [1.165, 1.54) is 12.1 Å². The predicted octanol–water partition coefficient (Wildman–Crippen LogP) is 3.27. The molecule has 0 spiro atoms. The van der Waals surface area contributed by atoms with Crippen LogP contribution in [0.25, 0.3) is 0 Å². The molecule has 0 unspecified atom stereocenters. The van der Waals surface area contributed by atoms with Gasteiger partial charge in [0.05, 0.1) is 0 Å². The van der Waals surface area contributed by atoms with Crippen molar-refractivity contribution in [1.82, 2.24) is 0 Å². The van der Waals surface area contributed by atoms with E-state index < -0.39 is 12.5 Å². The Morgan fingerprint density at radius 2 is 1.88 bits per heavy atom. The maximum atomic E-state index is 12.2. The van der Waals surface area contributed by atoms with Crippen molar-refractivity contribution in [3.8, 4) is 5.75 Å². The molecule has 0 N–H and O–H groups in total. The van der Waals surface area contributed by atoms with Gasteiger partial charge in [0.2, 0.25) is 0 Å². The van der Waals surface area contributed by atoms with E-state index in [0.717, 1.165) is 5.56 Å². The lowest BCUT2D eigenvalue weighted by Gasteiger charge is -2.15. The standard InChI is InChI=1S/C11H7F3O2/c12-11(13,14)16-9-3-1-2-6-7-4-5-8(15-7)10(6)9/h1-5,7-8H/t7-,8-/m0/s1. The number of fused-ring (bicyclic) bond motifs is 5. The summed E-state index contributed by atoms with van der Waals surface area (Å²) in [5.41, 5.74) is 1.25. The van der Waals surface area contributed by atoms with Crippen molar-refractivity contribution < 1.29 is 22.6 Å². The minimum atomic E-state index is -4.67. The molecule has 2 heterocycles. The van der Waals surface area contributed by atoms with Gasteiger partial charge >= 0.3 is 6.36 Å². The summed E-state index contributed by atoms with van der Waals surface area (Å²) in [6.07, 6.45) is -1.71. The minimum Gasteiger partial charge on any atom is -0.405 e. The third kappa shape index (κ3) is 1.39. The molecule has 0 amide bonds. The van der Waals surface area contributed by atoms with Crippen molar-refractivity contribution in [2.45, 2.75) is 18.6 Å². The van der Waals surface area contributed by atoms with Crippen molar-refractivity contribution in [2.24, 2.45) is 0 Å². The lowest BCUT2D eigenvalue weighted by Crippen LogP contribution is -2.18. The molecule has 2 nitrogen and oxygen atoms in total. The molecule has 2 bridgehead atoms. The summed E-state index contributed by atoms with van der Waals surface area (Å²) in [4.78, 5) is 0. The minimum absolute atomic E-state index is 0.165. The van der Waals surface area contributed by atoms with E-state index in [-0.39, 0.29) is 11.9 Å². The Morgan fingerprint density at radius 3 is 2.62 bits per heavy atom. The van der Waals surface area contributed by atoms with Gasteiger partial charge in [-0.2, -0.15) is 0 Å².